The van der Waals surface area contributed by atoms with Crippen molar-refractivity contribution in [2.45, 2.75) is 39.3 Å². The van der Waals surface area contributed by atoms with E-state index < -0.39 is 12.0 Å². The van der Waals surface area contributed by atoms with E-state index >= 15 is 0 Å². The highest BCUT2D eigenvalue weighted by Crippen LogP contribution is 2.28. The Morgan fingerprint density at radius 2 is 2.17 bits per heavy atom. The molecule has 1 aliphatic rings. The number of carboxylic acid groups (broad SMARTS) is 1. The Hall–Kier alpha value is -1.55. The van der Waals surface area contributed by atoms with Crippen LogP contribution in [0.25, 0.3) is 0 Å². The highest BCUT2D eigenvalue weighted by Gasteiger charge is 2.30. The molecule has 0 radical (unpaired) electrons. The first-order valence-corrected chi connectivity index (χ1v) is 6.25. The molecule has 0 saturated carbocycles. The molecule has 0 amide bonds. The van der Waals surface area contributed by atoms with Crippen molar-refractivity contribution < 1.29 is 15.0 Å². The summed E-state index contributed by atoms with van der Waals surface area (Å²) in [5.41, 5.74) is 2.75. The number of carbonyl (C=O) groups is 1. The van der Waals surface area contributed by atoms with Crippen molar-refractivity contribution in [1.82, 2.24) is 4.90 Å². The molecule has 0 aliphatic carbocycles. The molecule has 1 fully saturated rings. The lowest BCUT2D eigenvalue weighted by molar-refractivity contribution is -0.142. The molecule has 1 aromatic carbocycles. The number of rotatable bonds is 3. The van der Waals surface area contributed by atoms with Crippen LogP contribution < -0.4 is 0 Å². The van der Waals surface area contributed by atoms with E-state index in [0.717, 1.165) is 29.7 Å². The third kappa shape index (κ3) is 2.48. The Kier molecular flexibility index (Phi) is 3.57. The van der Waals surface area contributed by atoms with Gasteiger partial charge in [-0.2, -0.15) is 0 Å². The van der Waals surface area contributed by atoms with Gasteiger partial charge < -0.3 is 10.2 Å². The van der Waals surface area contributed by atoms with E-state index in [0.29, 0.717) is 13.0 Å². The number of aromatic hydroxyl groups is 1. The number of carboxylic acids is 1. The van der Waals surface area contributed by atoms with Gasteiger partial charge in [-0.05, 0) is 38.8 Å². The predicted molar refractivity (Wildman–Crippen MR) is 68.6 cm³/mol. The van der Waals surface area contributed by atoms with Crippen LogP contribution in [0.15, 0.2) is 12.1 Å². The second-order valence-electron chi connectivity index (χ2n) is 5.06. The van der Waals surface area contributed by atoms with Crippen LogP contribution >= 0.6 is 0 Å². The zero-order chi connectivity index (χ0) is 13.3. The van der Waals surface area contributed by atoms with Gasteiger partial charge in [0, 0.05) is 12.1 Å². The number of nitrogens with zero attached hydrogens (tertiary/aromatic N) is 1. The molecule has 1 heterocycles. The summed E-state index contributed by atoms with van der Waals surface area (Å²) in [7, 11) is 0. The summed E-state index contributed by atoms with van der Waals surface area (Å²) in [4.78, 5) is 13.0. The van der Waals surface area contributed by atoms with E-state index in [-0.39, 0.29) is 5.75 Å². The Balaban J connectivity index is 2.21. The van der Waals surface area contributed by atoms with Crippen LogP contribution in [0, 0.1) is 13.8 Å². The van der Waals surface area contributed by atoms with Gasteiger partial charge in [0.05, 0.1) is 0 Å². The van der Waals surface area contributed by atoms with Crippen molar-refractivity contribution in [1.29, 1.82) is 0 Å². The summed E-state index contributed by atoms with van der Waals surface area (Å²) in [5.74, 6) is -0.479. The van der Waals surface area contributed by atoms with E-state index in [2.05, 4.69) is 0 Å². The smallest absolute Gasteiger partial charge is 0.320 e. The fourth-order valence-electron chi connectivity index (χ4n) is 2.68. The van der Waals surface area contributed by atoms with Gasteiger partial charge in [0.2, 0.25) is 0 Å². The molecule has 0 spiro atoms. The highest BCUT2D eigenvalue weighted by atomic mass is 16.4. The van der Waals surface area contributed by atoms with Gasteiger partial charge in [0.15, 0.2) is 0 Å². The first-order valence-electron chi connectivity index (χ1n) is 6.25. The van der Waals surface area contributed by atoms with Gasteiger partial charge >= 0.3 is 5.97 Å². The maximum absolute atomic E-state index is 11.1. The topological polar surface area (TPSA) is 60.8 Å². The average molecular weight is 249 g/mol. The van der Waals surface area contributed by atoms with Crippen LogP contribution in [-0.4, -0.2) is 33.7 Å². The second-order valence-corrected chi connectivity index (χ2v) is 5.06. The molecule has 0 bridgehead atoms. The van der Waals surface area contributed by atoms with E-state index in [4.69, 9.17) is 5.11 Å². The van der Waals surface area contributed by atoms with Crippen molar-refractivity contribution >= 4 is 5.97 Å². The lowest BCUT2D eigenvalue weighted by Crippen LogP contribution is -2.35. The standard InChI is InChI=1S/C14H19NO3/c1-9-6-10(2)13(16)11(7-9)8-15-5-3-4-12(15)14(17)18/h6-7,12,16H,3-5,8H2,1-2H3,(H,17,18)/t12-/m0/s1. The molecule has 4 nitrogen and oxygen atoms in total. The van der Waals surface area contributed by atoms with Gasteiger partial charge in [-0.15, -0.1) is 0 Å². The van der Waals surface area contributed by atoms with E-state index in [1.54, 1.807) is 0 Å². The third-order valence-corrected chi connectivity index (χ3v) is 3.55. The van der Waals surface area contributed by atoms with Gasteiger partial charge in [-0.25, -0.2) is 0 Å². The fourth-order valence-corrected chi connectivity index (χ4v) is 2.68. The maximum atomic E-state index is 11.1. The molecule has 18 heavy (non-hydrogen) atoms. The fraction of sp³-hybridized carbons (Fsp3) is 0.500. The summed E-state index contributed by atoms with van der Waals surface area (Å²) >= 11 is 0. The predicted octanol–water partition coefficient (Wildman–Crippen LogP) is 2.06. The van der Waals surface area contributed by atoms with E-state index in [1.165, 1.54) is 0 Å². The number of hydrogen-bond donors (Lipinski definition) is 2. The number of aliphatic carboxylic acids is 1. The van der Waals surface area contributed by atoms with Crippen LogP contribution in [0.1, 0.15) is 29.5 Å². The van der Waals surface area contributed by atoms with Crippen molar-refractivity contribution in [2.75, 3.05) is 6.54 Å². The lowest BCUT2D eigenvalue weighted by atomic mass is 10.0. The van der Waals surface area contributed by atoms with Gasteiger partial charge in [0.25, 0.3) is 0 Å². The molecular weight excluding hydrogens is 230 g/mol. The van der Waals surface area contributed by atoms with Gasteiger partial charge in [0.1, 0.15) is 11.8 Å². The number of likely N-dealkylation sites (tertiary alicyclic amines) is 1. The molecule has 98 valence electrons. The van der Waals surface area contributed by atoms with Gasteiger partial charge in [-0.3, -0.25) is 9.69 Å². The highest BCUT2D eigenvalue weighted by molar-refractivity contribution is 5.73. The lowest BCUT2D eigenvalue weighted by Gasteiger charge is -2.22. The Labute approximate surface area is 107 Å². The summed E-state index contributed by atoms with van der Waals surface area (Å²) in [6, 6.07) is 3.45. The minimum absolute atomic E-state index is 0.289. The Bertz CT molecular complexity index is 470. The number of aryl methyl sites for hydroxylation is 2. The summed E-state index contributed by atoms with van der Waals surface area (Å²) in [6.45, 7) is 5.13. The summed E-state index contributed by atoms with van der Waals surface area (Å²) in [6.07, 6.45) is 1.60. The molecule has 1 atom stereocenters. The number of phenols is 1. The van der Waals surface area contributed by atoms with Crippen LogP contribution in [0.4, 0.5) is 0 Å². The van der Waals surface area contributed by atoms with Crippen molar-refractivity contribution in [3.05, 3.63) is 28.8 Å². The summed E-state index contributed by atoms with van der Waals surface area (Å²) < 4.78 is 0. The van der Waals surface area contributed by atoms with Crippen molar-refractivity contribution in [3.63, 3.8) is 0 Å². The quantitative estimate of drug-likeness (QED) is 0.860. The second kappa shape index (κ2) is 4.98. The zero-order valence-electron chi connectivity index (χ0n) is 10.8. The van der Waals surface area contributed by atoms with Gasteiger partial charge in [-0.1, -0.05) is 17.7 Å². The van der Waals surface area contributed by atoms with Crippen LogP contribution in [-0.2, 0) is 11.3 Å². The molecule has 0 unspecified atom stereocenters. The molecule has 2 rings (SSSR count). The van der Waals surface area contributed by atoms with Crippen molar-refractivity contribution in [2.24, 2.45) is 0 Å². The average Bonchev–Trinajstić information content (AvgIpc) is 2.73. The number of phenolic OH excluding ortho intramolecular Hbond substituents is 1. The molecular formula is C14H19NO3. The number of benzene rings is 1. The molecule has 1 aliphatic heterocycles. The molecule has 2 N–H and O–H groups in total. The third-order valence-electron chi connectivity index (χ3n) is 3.55. The largest absolute Gasteiger partial charge is 0.507 e. The number of hydrogen-bond acceptors (Lipinski definition) is 3. The zero-order valence-corrected chi connectivity index (χ0v) is 10.8. The molecule has 1 aromatic rings. The van der Waals surface area contributed by atoms with Crippen LogP contribution in [0.2, 0.25) is 0 Å². The minimum Gasteiger partial charge on any atom is -0.507 e. The van der Waals surface area contributed by atoms with E-state index in [1.807, 2.05) is 30.9 Å². The molecule has 4 heteroatoms. The first kappa shape index (κ1) is 12.9. The van der Waals surface area contributed by atoms with E-state index in [9.17, 15) is 9.90 Å². The first-order chi connectivity index (χ1) is 8.49. The van der Waals surface area contributed by atoms with Crippen LogP contribution in [0.3, 0.4) is 0 Å². The Morgan fingerprint density at radius 3 is 2.83 bits per heavy atom. The SMILES string of the molecule is Cc1cc(C)c(O)c(CN2CCC[C@H]2C(=O)O)c1. The molecule has 0 aromatic heterocycles. The van der Waals surface area contributed by atoms with Crippen molar-refractivity contribution in [3.8, 4) is 5.75 Å². The molecule has 1 saturated heterocycles. The normalized spacial score (nSPS) is 20.2. The summed E-state index contributed by atoms with van der Waals surface area (Å²) in [5, 5.41) is 19.2. The monoisotopic (exact) mass is 249 g/mol. The maximum Gasteiger partial charge on any atom is 0.320 e. The van der Waals surface area contributed by atoms with Crippen LogP contribution in [0.5, 0.6) is 5.75 Å². The Morgan fingerprint density at radius 1 is 1.44 bits per heavy atom. The minimum atomic E-state index is -0.767.